The van der Waals surface area contributed by atoms with Gasteiger partial charge in [-0.3, -0.25) is 4.79 Å². The maximum atomic E-state index is 11.9. The van der Waals surface area contributed by atoms with E-state index in [4.69, 9.17) is 20.8 Å². The number of carbonyl (C=O) groups is 1. The van der Waals surface area contributed by atoms with Crippen LogP contribution in [-0.4, -0.2) is 12.5 Å². The Morgan fingerprint density at radius 3 is 2.71 bits per heavy atom. The molecule has 2 rings (SSSR count). The fraction of sp³-hybridized carbons (Fsp3) is 0.267. The van der Waals surface area contributed by atoms with Crippen LogP contribution in [0, 0.1) is 5.92 Å². The Balaban J connectivity index is 2.04. The zero-order chi connectivity index (χ0) is 15.4. The molecule has 0 unspecified atom stereocenters. The Morgan fingerprint density at radius 2 is 2.14 bits per heavy atom. The molecule has 0 fully saturated rings. The molecule has 21 heavy (non-hydrogen) atoms. The zero-order valence-electron chi connectivity index (χ0n) is 11.7. The van der Waals surface area contributed by atoms with E-state index in [1.807, 2.05) is 0 Å². The third-order valence-electron chi connectivity index (χ3n) is 2.56. The lowest BCUT2D eigenvalue weighted by Gasteiger charge is -2.11. The highest BCUT2D eigenvalue weighted by Crippen LogP contribution is 2.28. The molecule has 112 valence electrons. The first-order valence-corrected chi connectivity index (χ1v) is 7.62. The highest BCUT2D eigenvalue weighted by molar-refractivity contribution is 9.10. The Hall–Kier alpha value is -1.46. The van der Waals surface area contributed by atoms with Crippen molar-refractivity contribution in [2.24, 2.45) is 5.92 Å². The molecule has 0 spiro atoms. The number of anilines is 1. The first-order valence-electron chi connectivity index (χ1n) is 6.44. The Bertz CT molecular complexity index is 640. The van der Waals surface area contributed by atoms with Crippen LogP contribution < -0.4 is 10.1 Å². The van der Waals surface area contributed by atoms with Crippen molar-refractivity contribution in [3.63, 3.8) is 0 Å². The summed E-state index contributed by atoms with van der Waals surface area (Å²) < 4.78 is 11.3. The largest absolute Gasteiger partial charge is 0.492 e. The number of halogens is 2. The van der Waals surface area contributed by atoms with Gasteiger partial charge in [-0.05, 0) is 52.2 Å². The van der Waals surface area contributed by atoms with E-state index in [1.54, 1.807) is 30.3 Å². The van der Waals surface area contributed by atoms with Gasteiger partial charge in [0.25, 0.3) is 5.91 Å². The summed E-state index contributed by atoms with van der Waals surface area (Å²) in [5.74, 6) is 0.896. The van der Waals surface area contributed by atoms with Gasteiger partial charge in [0, 0.05) is 5.69 Å². The summed E-state index contributed by atoms with van der Waals surface area (Å²) in [4.78, 5) is 11.9. The standard InChI is InChI=1S/C15H15BrClNO3/c1-9(2)8-20-12-4-3-10(7-11(12)17)18-15(19)13-5-6-14(16)21-13/h3-7,9H,8H2,1-2H3,(H,18,19). The lowest BCUT2D eigenvalue weighted by molar-refractivity contribution is 0.0995. The molecule has 0 bridgehead atoms. The van der Waals surface area contributed by atoms with Crippen molar-refractivity contribution in [1.29, 1.82) is 0 Å². The quantitative estimate of drug-likeness (QED) is 0.805. The molecule has 0 radical (unpaired) electrons. The summed E-state index contributed by atoms with van der Waals surface area (Å²) in [6, 6.07) is 8.36. The topological polar surface area (TPSA) is 51.5 Å². The van der Waals surface area contributed by atoms with Crippen LogP contribution in [0.3, 0.4) is 0 Å². The number of hydrogen-bond acceptors (Lipinski definition) is 3. The van der Waals surface area contributed by atoms with E-state index >= 15 is 0 Å². The second-order valence-corrected chi connectivity index (χ2v) is 6.10. The molecule has 1 N–H and O–H groups in total. The predicted molar refractivity (Wildman–Crippen MR) is 86.1 cm³/mol. The Morgan fingerprint density at radius 1 is 1.38 bits per heavy atom. The number of benzene rings is 1. The number of rotatable bonds is 5. The van der Waals surface area contributed by atoms with E-state index in [-0.39, 0.29) is 11.7 Å². The summed E-state index contributed by atoms with van der Waals surface area (Å²) in [5, 5.41) is 3.16. The van der Waals surface area contributed by atoms with Crippen molar-refractivity contribution in [2.75, 3.05) is 11.9 Å². The summed E-state index contributed by atoms with van der Waals surface area (Å²) in [6.45, 7) is 4.71. The van der Waals surface area contributed by atoms with Gasteiger partial charge in [0.2, 0.25) is 0 Å². The minimum atomic E-state index is -0.340. The minimum absolute atomic E-state index is 0.220. The highest BCUT2D eigenvalue weighted by atomic mass is 79.9. The fourth-order valence-electron chi connectivity index (χ4n) is 1.58. The van der Waals surface area contributed by atoms with Crippen LogP contribution in [0.1, 0.15) is 24.4 Å². The van der Waals surface area contributed by atoms with Crippen molar-refractivity contribution >= 4 is 39.1 Å². The van der Waals surface area contributed by atoms with Crippen molar-refractivity contribution in [3.8, 4) is 5.75 Å². The smallest absolute Gasteiger partial charge is 0.291 e. The number of amides is 1. The van der Waals surface area contributed by atoms with Crippen LogP contribution in [0.2, 0.25) is 5.02 Å². The monoisotopic (exact) mass is 371 g/mol. The van der Waals surface area contributed by atoms with E-state index < -0.39 is 0 Å². The molecule has 1 heterocycles. The molecular formula is C15H15BrClNO3. The van der Waals surface area contributed by atoms with Crippen LogP contribution in [0.4, 0.5) is 5.69 Å². The van der Waals surface area contributed by atoms with Gasteiger partial charge in [0.05, 0.1) is 11.6 Å². The van der Waals surface area contributed by atoms with Crippen molar-refractivity contribution < 1.29 is 13.9 Å². The first kappa shape index (κ1) is 15.9. The zero-order valence-corrected chi connectivity index (χ0v) is 14.0. The van der Waals surface area contributed by atoms with Gasteiger partial charge in [-0.15, -0.1) is 0 Å². The molecule has 1 amide bonds. The average Bonchev–Trinajstić information content (AvgIpc) is 2.84. The van der Waals surface area contributed by atoms with Gasteiger partial charge < -0.3 is 14.5 Å². The van der Waals surface area contributed by atoms with Crippen LogP contribution in [0.15, 0.2) is 39.4 Å². The van der Waals surface area contributed by atoms with Crippen molar-refractivity contribution in [1.82, 2.24) is 0 Å². The molecule has 1 aromatic carbocycles. The molecule has 2 aromatic rings. The van der Waals surface area contributed by atoms with Crippen molar-refractivity contribution in [2.45, 2.75) is 13.8 Å². The molecular weight excluding hydrogens is 358 g/mol. The summed E-state index contributed by atoms with van der Waals surface area (Å²) >= 11 is 9.29. The number of furan rings is 1. The predicted octanol–water partition coefficient (Wildman–Crippen LogP) is 4.98. The van der Waals surface area contributed by atoms with Gasteiger partial charge in [-0.2, -0.15) is 0 Å². The fourth-order valence-corrected chi connectivity index (χ4v) is 2.12. The molecule has 0 aliphatic heterocycles. The van der Waals surface area contributed by atoms with E-state index in [0.29, 0.717) is 33.7 Å². The molecule has 0 saturated carbocycles. The van der Waals surface area contributed by atoms with E-state index in [9.17, 15) is 4.79 Å². The van der Waals surface area contributed by atoms with Crippen LogP contribution in [0.25, 0.3) is 0 Å². The first-order chi connectivity index (χ1) is 9.95. The Labute approximate surface area is 136 Å². The normalized spacial score (nSPS) is 10.7. The molecule has 6 heteroatoms. The minimum Gasteiger partial charge on any atom is -0.492 e. The van der Waals surface area contributed by atoms with Gasteiger partial charge in [0.15, 0.2) is 10.4 Å². The van der Waals surface area contributed by atoms with Gasteiger partial charge in [-0.25, -0.2) is 0 Å². The van der Waals surface area contributed by atoms with E-state index in [0.717, 1.165) is 0 Å². The summed E-state index contributed by atoms with van der Waals surface area (Å²) in [6.07, 6.45) is 0. The summed E-state index contributed by atoms with van der Waals surface area (Å²) in [7, 11) is 0. The third kappa shape index (κ3) is 4.51. The average molecular weight is 373 g/mol. The number of ether oxygens (including phenoxy) is 1. The number of hydrogen-bond donors (Lipinski definition) is 1. The van der Waals surface area contributed by atoms with Crippen LogP contribution >= 0.6 is 27.5 Å². The third-order valence-corrected chi connectivity index (χ3v) is 3.28. The SMILES string of the molecule is CC(C)COc1ccc(NC(=O)c2ccc(Br)o2)cc1Cl. The molecule has 4 nitrogen and oxygen atoms in total. The molecule has 0 atom stereocenters. The maximum absolute atomic E-state index is 11.9. The van der Waals surface area contributed by atoms with Gasteiger partial charge >= 0.3 is 0 Å². The second kappa shape index (κ2) is 7.00. The van der Waals surface area contributed by atoms with Crippen LogP contribution in [0.5, 0.6) is 5.75 Å². The van der Waals surface area contributed by atoms with Gasteiger partial charge in [-0.1, -0.05) is 25.4 Å². The molecule has 0 saturated heterocycles. The lowest BCUT2D eigenvalue weighted by atomic mass is 10.2. The summed E-state index contributed by atoms with van der Waals surface area (Å²) in [5.41, 5.74) is 0.578. The molecule has 0 aliphatic rings. The second-order valence-electron chi connectivity index (χ2n) is 4.91. The lowest BCUT2D eigenvalue weighted by Crippen LogP contribution is -2.11. The van der Waals surface area contributed by atoms with Crippen molar-refractivity contribution in [3.05, 3.63) is 45.8 Å². The van der Waals surface area contributed by atoms with Crippen LogP contribution in [-0.2, 0) is 0 Å². The number of carbonyl (C=O) groups excluding carboxylic acids is 1. The van der Waals surface area contributed by atoms with E-state index in [1.165, 1.54) is 0 Å². The Kier molecular flexibility index (Phi) is 5.31. The van der Waals surface area contributed by atoms with E-state index in [2.05, 4.69) is 35.1 Å². The highest BCUT2D eigenvalue weighted by Gasteiger charge is 2.12. The molecule has 0 aliphatic carbocycles. The number of nitrogens with one attached hydrogen (secondary N) is 1. The maximum Gasteiger partial charge on any atom is 0.291 e. The van der Waals surface area contributed by atoms with Gasteiger partial charge in [0.1, 0.15) is 5.75 Å². The molecule has 1 aromatic heterocycles.